The van der Waals surface area contributed by atoms with Crippen LogP contribution in [0.3, 0.4) is 0 Å². The standard InChI is InChI=1S/C23H38NO3/c1-9-24(10-2,11-3)15-14-23(8)13-12-20-18(6)21(26-19(7)25)16(4)17(5)22(20)27-23/h9-15H2,1-8H3/q+1. The zero-order chi connectivity index (χ0) is 20.4. The molecule has 1 aromatic rings. The topological polar surface area (TPSA) is 35.5 Å². The maximum Gasteiger partial charge on any atom is 0.308 e. The Balaban J connectivity index is 2.31. The molecule has 0 aromatic heterocycles. The van der Waals surface area contributed by atoms with Crippen molar-refractivity contribution in [1.82, 2.24) is 0 Å². The largest absolute Gasteiger partial charge is 0.487 e. The summed E-state index contributed by atoms with van der Waals surface area (Å²) in [7, 11) is 0. The third-order valence-corrected chi connectivity index (χ3v) is 6.94. The molecule has 4 heteroatoms. The maximum absolute atomic E-state index is 11.5. The third-order valence-electron chi connectivity index (χ3n) is 6.94. The minimum Gasteiger partial charge on any atom is -0.487 e. The van der Waals surface area contributed by atoms with Gasteiger partial charge in [-0.3, -0.25) is 4.79 Å². The number of carbonyl (C=O) groups is 1. The van der Waals surface area contributed by atoms with Crippen molar-refractivity contribution in [2.45, 2.75) is 80.3 Å². The lowest BCUT2D eigenvalue weighted by molar-refractivity contribution is -0.924. The van der Waals surface area contributed by atoms with Crippen LogP contribution in [0, 0.1) is 20.8 Å². The van der Waals surface area contributed by atoms with E-state index in [4.69, 9.17) is 9.47 Å². The predicted molar refractivity (Wildman–Crippen MR) is 111 cm³/mol. The van der Waals surface area contributed by atoms with Crippen molar-refractivity contribution < 1.29 is 18.8 Å². The van der Waals surface area contributed by atoms with Gasteiger partial charge in [0.15, 0.2) is 0 Å². The molecule has 4 nitrogen and oxygen atoms in total. The molecule has 0 N–H and O–H groups in total. The summed E-state index contributed by atoms with van der Waals surface area (Å²) in [4.78, 5) is 11.5. The van der Waals surface area contributed by atoms with Crippen LogP contribution in [0.2, 0.25) is 0 Å². The van der Waals surface area contributed by atoms with Gasteiger partial charge in [-0.25, -0.2) is 0 Å². The summed E-state index contributed by atoms with van der Waals surface area (Å²) in [5.41, 5.74) is 4.22. The summed E-state index contributed by atoms with van der Waals surface area (Å²) in [6, 6.07) is 0. The highest BCUT2D eigenvalue weighted by Crippen LogP contribution is 2.44. The summed E-state index contributed by atoms with van der Waals surface area (Å²) < 4.78 is 13.3. The quantitative estimate of drug-likeness (QED) is 0.386. The van der Waals surface area contributed by atoms with Gasteiger partial charge in [0.1, 0.15) is 17.1 Å². The molecular formula is C23H38NO3+. The summed E-state index contributed by atoms with van der Waals surface area (Å²) in [6.45, 7) is 21.4. The van der Waals surface area contributed by atoms with Crippen LogP contribution in [0.25, 0.3) is 0 Å². The van der Waals surface area contributed by atoms with Gasteiger partial charge < -0.3 is 14.0 Å². The number of nitrogens with zero attached hydrogens (tertiary/aromatic N) is 1. The molecule has 1 heterocycles. The van der Waals surface area contributed by atoms with E-state index in [0.29, 0.717) is 5.75 Å². The Kier molecular flexibility index (Phi) is 6.62. The van der Waals surface area contributed by atoms with Gasteiger partial charge in [0.2, 0.25) is 0 Å². The fourth-order valence-corrected chi connectivity index (χ4v) is 4.37. The van der Waals surface area contributed by atoms with Crippen molar-refractivity contribution in [3.8, 4) is 11.5 Å². The van der Waals surface area contributed by atoms with Crippen LogP contribution < -0.4 is 9.47 Å². The number of hydrogen-bond acceptors (Lipinski definition) is 3. The van der Waals surface area contributed by atoms with Crippen LogP contribution in [0.4, 0.5) is 0 Å². The zero-order valence-electron chi connectivity index (χ0n) is 18.6. The molecular weight excluding hydrogens is 338 g/mol. The molecule has 27 heavy (non-hydrogen) atoms. The molecule has 1 atom stereocenters. The van der Waals surface area contributed by atoms with Crippen molar-refractivity contribution in [1.29, 1.82) is 0 Å². The van der Waals surface area contributed by atoms with Crippen LogP contribution in [-0.2, 0) is 11.2 Å². The molecule has 152 valence electrons. The molecule has 0 fully saturated rings. The first-order valence-electron chi connectivity index (χ1n) is 10.5. The Morgan fingerprint density at radius 1 is 1.07 bits per heavy atom. The van der Waals surface area contributed by atoms with Crippen LogP contribution in [0.5, 0.6) is 11.5 Å². The lowest BCUT2D eigenvalue weighted by Crippen LogP contribution is -2.51. The minimum absolute atomic E-state index is 0.136. The van der Waals surface area contributed by atoms with Gasteiger partial charge >= 0.3 is 5.97 Å². The molecule has 0 radical (unpaired) electrons. The highest BCUT2D eigenvalue weighted by atomic mass is 16.5. The van der Waals surface area contributed by atoms with E-state index in [0.717, 1.165) is 52.7 Å². The second kappa shape index (κ2) is 8.22. The van der Waals surface area contributed by atoms with Crippen molar-refractivity contribution in [2.75, 3.05) is 26.2 Å². The van der Waals surface area contributed by atoms with Crippen LogP contribution in [0.1, 0.15) is 69.7 Å². The molecule has 2 rings (SSSR count). The van der Waals surface area contributed by atoms with E-state index in [1.54, 1.807) is 0 Å². The number of hydrogen-bond donors (Lipinski definition) is 0. The Bertz CT molecular complexity index is 698. The molecule has 1 aliphatic heterocycles. The fourth-order valence-electron chi connectivity index (χ4n) is 4.37. The molecule has 0 saturated carbocycles. The zero-order valence-corrected chi connectivity index (χ0v) is 18.6. The number of ether oxygens (including phenoxy) is 2. The van der Waals surface area contributed by atoms with E-state index in [1.165, 1.54) is 32.1 Å². The van der Waals surface area contributed by atoms with E-state index in [-0.39, 0.29) is 11.6 Å². The molecule has 0 spiro atoms. The smallest absolute Gasteiger partial charge is 0.308 e. The average molecular weight is 377 g/mol. The van der Waals surface area contributed by atoms with E-state index >= 15 is 0 Å². The SMILES string of the molecule is CC[N+](CC)(CC)CCC1(C)CCc2c(C)c(OC(C)=O)c(C)c(C)c2O1. The van der Waals surface area contributed by atoms with Crippen molar-refractivity contribution >= 4 is 5.97 Å². The Labute approximate surface area is 165 Å². The van der Waals surface area contributed by atoms with E-state index in [2.05, 4.69) is 34.6 Å². The number of carbonyl (C=O) groups excluding carboxylic acids is 1. The normalized spacial score (nSPS) is 19.4. The van der Waals surface area contributed by atoms with Gasteiger partial charge in [0.05, 0.1) is 26.2 Å². The maximum atomic E-state index is 11.5. The molecule has 1 aliphatic rings. The van der Waals surface area contributed by atoms with Gasteiger partial charge in [-0.2, -0.15) is 0 Å². The number of esters is 1. The Hall–Kier alpha value is -1.55. The predicted octanol–water partition coefficient (Wildman–Crippen LogP) is 4.89. The number of benzene rings is 1. The van der Waals surface area contributed by atoms with Gasteiger partial charge in [0.25, 0.3) is 0 Å². The molecule has 0 bridgehead atoms. The highest BCUT2D eigenvalue weighted by Gasteiger charge is 2.37. The van der Waals surface area contributed by atoms with Gasteiger partial charge in [-0.1, -0.05) is 0 Å². The number of rotatable bonds is 7. The lowest BCUT2D eigenvalue weighted by atomic mass is 9.85. The second-order valence-corrected chi connectivity index (χ2v) is 8.42. The van der Waals surface area contributed by atoms with Crippen molar-refractivity contribution in [3.63, 3.8) is 0 Å². The summed E-state index contributed by atoms with van der Waals surface area (Å²) in [6.07, 6.45) is 3.03. The van der Waals surface area contributed by atoms with Crippen LogP contribution >= 0.6 is 0 Å². The fraction of sp³-hybridized carbons (Fsp3) is 0.696. The molecule has 0 amide bonds. The Morgan fingerprint density at radius 2 is 1.67 bits per heavy atom. The summed E-state index contributed by atoms with van der Waals surface area (Å²) >= 11 is 0. The summed E-state index contributed by atoms with van der Waals surface area (Å²) in [5, 5.41) is 0. The second-order valence-electron chi connectivity index (χ2n) is 8.42. The molecule has 1 unspecified atom stereocenters. The van der Waals surface area contributed by atoms with E-state index in [1.807, 2.05) is 13.8 Å². The van der Waals surface area contributed by atoms with Gasteiger partial charge in [-0.15, -0.1) is 0 Å². The first-order valence-corrected chi connectivity index (χ1v) is 10.5. The molecule has 0 aliphatic carbocycles. The Morgan fingerprint density at radius 3 is 2.19 bits per heavy atom. The monoisotopic (exact) mass is 376 g/mol. The molecule has 1 aromatic carbocycles. The first-order chi connectivity index (χ1) is 12.6. The van der Waals surface area contributed by atoms with Gasteiger partial charge in [-0.05, 0) is 78.0 Å². The van der Waals surface area contributed by atoms with E-state index in [9.17, 15) is 4.79 Å². The highest BCUT2D eigenvalue weighted by molar-refractivity contribution is 5.72. The lowest BCUT2D eigenvalue weighted by Gasteiger charge is -2.42. The average Bonchev–Trinajstić information content (AvgIpc) is 2.65. The van der Waals surface area contributed by atoms with Crippen molar-refractivity contribution in [2.24, 2.45) is 0 Å². The van der Waals surface area contributed by atoms with Crippen LogP contribution in [0.15, 0.2) is 0 Å². The minimum atomic E-state index is -0.269. The van der Waals surface area contributed by atoms with Gasteiger partial charge in [0, 0.05) is 18.9 Å². The number of quaternary nitrogens is 1. The van der Waals surface area contributed by atoms with Crippen molar-refractivity contribution in [3.05, 3.63) is 22.3 Å². The van der Waals surface area contributed by atoms with E-state index < -0.39 is 0 Å². The van der Waals surface area contributed by atoms with Crippen LogP contribution in [-0.4, -0.2) is 42.2 Å². The number of fused-ring (bicyclic) bond motifs is 1. The third kappa shape index (κ3) is 4.31. The summed E-state index contributed by atoms with van der Waals surface area (Å²) in [5.74, 6) is 1.46. The first kappa shape index (κ1) is 21.7. The molecule has 0 saturated heterocycles.